The largest absolute Gasteiger partial charge is 0.342 e. The van der Waals surface area contributed by atoms with Crippen molar-refractivity contribution in [3.8, 4) is 0 Å². The molecule has 148 valence electrons. The van der Waals surface area contributed by atoms with E-state index >= 15 is 0 Å². The molecule has 3 fully saturated rings. The standard InChI is InChI=1S/C22H29N5O/c28-22(9-10-26-16-23-15-24-26)25-12-17-11-19(14-25)21-8-4-7-20(27(21)13-17)18-5-2-1-3-6-18/h1-3,5-6,15-17,19-21H,4,7-14H2/t17-,19+,20+,21-/m0/s1. The molecule has 0 aliphatic carbocycles. The van der Waals surface area contributed by atoms with Crippen LogP contribution in [0.1, 0.15) is 43.7 Å². The first-order valence-corrected chi connectivity index (χ1v) is 10.7. The fourth-order valence-electron chi connectivity index (χ4n) is 5.76. The summed E-state index contributed by atoms with van der Waals surface area (Å²) >= 11 is 0. The minimum atomic E-state index is 0.272. The van der Waals surface area contributed by atoms with Gasteiger partial charge >= 0.3 is 0 Å². The topological polar surface area (TPSA) is 54.3 Å². The first-order valence-electron chi connectivity index (χ1n) is 10.7. The van der Waals surface area contributed by atoms with Gasteiger partial charge in [0, 0.05) is 38.1 Å². The smallest absolute Gasteiger partial charge is 0.224 e. The molecular weight excluding hydrogens is 350 g/mol. The van der Waals surface area contributed by atoms with Crippen LogP contribution in [0.15, 0.2) is 43.0 Å². The van der Waals surface area contributed by atoms with Crippen LogP contribution in [0.4, 0.5) is 0 Å². The van der Waals surface area contributed by atoms with E-state index in [-0.39, 0.29) is 5.91 Å². The average Bonchev–Trinajstić information content (AvgIpc) is 3.26. The summed E-state index contributed by atoms with van der Waals surface area (Å²) in [6.45, 7) is 3.59. The number of fused-ring (bicyclic) bond motifs is 4. The summed E-state index contributed by atoms with van der Waals surface area (Å²) in [5.74, 6) is 1.50. The van der Waals surface area contributed by atoms with Crippen LogP contribution in [0.2, 0.25) is 0 Å². The Morgan fingerprint density at radius 1 is 1.11 bits per heavy atom. The normalized spacial score (nSPS) is 30.1. The van der Waals surface area contributed by atoms with E-state index in [2.05, 4.69) is 50.2 Å². The van der Waals surface area contributed by atoms with Crippen molar-refractivity contribution < 1.29 is 4.79 Å². The Hall–Kier alpha value is -2.21. The molecule has 0 radical (unpaired) electrons. The number of benzene rings is 1. The van der Waals surface area contributed by atoms with Crippen molar-refractivity contribution in [2.45, 2.75) is 50.7 Å². The second-order valence-corrected chi connectivity index (χ2v) is 8.69. The lowest BCUT2D eigenvalue weighted by Gasteiger charge is -2.55. The molecule has 5 rings (SSSR count). The lowest BCUT2D eigenvalue weighted by Crippen LogP contribution is -2.60. The van der Waals surface area contributed by atoms with E-state index in [1.54, 1.807) is 11.0 Å². The van der Waals surface area contributed by atoms with Crippen LogP contribution in [0.5, 0.6) is 0 Å². The quantitative estimate of drug-likeness (QED) is 0.820. The Kier molecular flexibility index (Phi) is 4.89. The molecule has 3 aliphatic rings. The molecule has 3 aliphatic heterocycles. The number of rotatable bonds is 4. The van der Waals surface area contributed by atoms with Crippen LogP contribution in [0.3, 0.4) is 0 Å². The summed E-state index contributed by atoms with van der Waals surface area (Å²) in [6.07, 6.45) is 8.85. The lowest BCUT2D eigenvalue weighted by molar-refractivity contribution is -0.139. The molecule has 2 bridgehead atoms. The van der Waals surface area contributed by atoms with E-state index in [1.807, 2.05) is 0 Å². The van der Waals surface area contributed by atoms with Crippen LogP contribution >= 0.6 is 0 Å². The minimum absolute atomic E-state index is 0.272. The van der Waals surface area contributed by atoms with Gasteiger partial charge in [-0.15, -0.1) is 0 Å². The molecule has 0 unspecified atom stereocenters. The van der Waals surface area contributed by atoms with Gasteiger partial charge in [0.2, 0.25) is 5.91 Å². The van der Waals surface area contributed by atoms with Gasteiger partial charge in [-0.2, -0.15) is 5.10 Å². The summed E-state index contributed by atoms with van der Waals surface area (Å²) in [4.78, 5) is 21.7. The molecule has 0 saturated carbocycles. The summed E-state index contributed by atoms with van der Waals surface area (Å²) in [5, 5.41) is 4.11. The molecule has 3 saturated heterocycles. The Bertz CT molecular complexity index is 793. The SMILES string of the molecule is O=C(CCn1cncn1)N1C[C@@H]2C[C@H](C1)[C@@H]1CCC[C@H](c3ccccc3)N1C2. The van der Waals surface area contributed by atoms with E-state index in [4.69, 9.17) is 0 Å². The maximum atomic E-state index is 12.8. The van der Waals surface area contributed by atoms with Crippen LogP contribution in [0, 0.1) is 11.8 Å². The maximum Gasteiger partial charge on any atom is 0.224 e. The third-order valence-electron chi connectivity index (χ3n) is 6.94. The highest BCUT2D eigenvalue weighted by Gasteiger charge is 2.45. The fourth-order valence-corrected chi connectivity index (χ4v) is 5.76. The van der Waals surface area contributed by atoms with Gasteiger partial charge < -0.3 is 4.90 Å². The van der Waals surface area contributed by atoms with E-state index in [9.17, 15) is 4.79 Å². The number of hydrogen-bond donors (Lipinski definition) is 0. The molecule has 2 aromatic rings. The predicted molar refractivity (Wildman–Crippen MR) is 106 cm³/mol. The van der Waals surface area contributed by atoms with Gasteiger partial charge in [0.05, 0.1) is 6.54 Å². The number of hydrogen-bond acceptors (Lipinski definition) is 4. The number of carbonyl (C=O) groups excluding carboxylic acids is 1. The van der Waals surface area contributed by atoms with Gasteiger partial charge in [0.1, 0.15) is 12.7 Å². The van der Waals surface area contributed by atoms with E-state index in [0.717, 1.165) is 19.6 Å². The van der Waals surface area contributed by atoms with Gasteiger partial charge in [-0.05, 0) is 43.1 Å². The molecule has 4 atom stereocenters. The van der Waals surface area contributed by atoms with Crippen molar-refractivity contribution in [1.82, 2.24) is 24.6 Å². The molecule has 0 N–H and O–H groups in total. The van der Waals surface area contributed by atoms with E-state index < -0.39 is 0 Å². The number of amides is 1. The number of likely N-dealkylation sites (tertiary alicyclic amines) is 1. The molecule has 0 spiro atoms. The van der Waals surface area contributed by atoms with E-state index in [1.165, 1.54) is 37.6 Å². The first-order chi connectivity index (χ1) is 13.8. The van der Waals surface area contributed by atoms with Gasteiger partial charge in [-0.3, -0.25) is 14.4 Å². The molecule has 6 nitrogen and oxygen atoms in total. The lowest BCUT2D eigenvalue weighted by atomic mass is 9.74. The molecule has 1 aromatic carbocycles. The third kappa shape index (κ3) is 3.46. The van der Waals surface area contributed by atoms with Crippen molar-refractivity contribution in [2.24, 2.45) is 11.8 Å². The van der Waals surface area contributed by atoms with Crippen LogP contribution in [-0.4, -0.2) is 56.1 Å². The molecule has 1 amide bonds. The highest BCUT2D eigenvalue weighted by molar-refractivity contribution is 5.76. The summed E-state index contributed by atoms with van der Waals surface area (Å²) in [6, 6.07) is 12.2. The monoisotopic (exact) mass is 379 g/mol. The second-order valence-electron chi connectivity index (χ2n) is 8.69. The molecule has 6 heteroatoms. The Labute approximate surface area is 166 Å². The number of aryl methyl sites for hydroxylation is 1. The van der Waals surface area contributed by atoms with Crippen molar-refractivity contribution in [3.05, 3.63) is 48.5 Å². The number of piperidine rings is 3. The summed E-state index contributed by atoms with van der Waals surface area (Å²) < 4.78 is 1.75. The van der Waals surface area contributed by atoms with Crippen molar-refractivity contribution >= 4 is 5.91 Å². The first kappa shape index (κ1) is 17.9. The molecule has 28 heavy (non-hydrogen) atoms. The average molecular weight is 380 g/mol. The maximum absolute atomic E-state index is 12.8. The fraction of sp³-hybridized carbons (Fsp3) is 0.591. The minimum Gasteiger partial charge on any atom is -0.342 e. The molecular formula is C22H29N5O. The highest BCUT2D eigenvalue weighted by atomic mass is 16.2. The van der Waals surface area contributed by atoms with Gasteiger partial charge in [-0.25, -0.2) is 4.98 Å². The van der Waals surface area contributed by atoms with Crippen molar-refractivity contribution in [1.29, 1.82) is 0 Å². The zero-order valence-corrected chi connectivity index (χ0v) is 16.4. The Balaban J connectivity index is 1.26. The zero-order valence-electron chi connectivity index (χ0n) is 16.4. The summed E-state index contributed by atoms with van der Waals surface area (Å²) in [5.41, 5.74) is 1.47. The van der Waals surface area contributed by atoms with E-state index in [0.29, 0.717) is 36.9 Å². The highest BCUT2D eigenvalue weighted by Crippen LogP contribution is 2.44. The third-order valence-corrected chi connectivity index (χ3v) is 6.94. The van der Waals surface area contributed by atoms with Gasteiger partial charge in [-0.1, -0.05) is 30.3 Å². The predicted octanol–water partition coefficient (Wildman–Crippen LogP) is 2.74. The molecule has 4 heterocycles. The van der Waals surface area contributed by atoms with Crippen molar-refractivity contribution in [3.63, 3.8) is 0 Å². The van der Waals surface area contributed by atoms with Crippen LogP contribution in [-0.2, 0) is 11.3 Å². The van der Waals surface area contributed by atoms with Gasteiger partial charge in [0.15, 0.2) is 0 Å². The second kappa shape index (κ2) is 7.66. The van der Waals surface area contributed by atoms with Crippen LogP contribution in [0.25, 0.3) is 0 Å². The molecule has 1 aromatic heterocycles. The van der Waals surface area contributed by atoms with Gasteiger partial charge in [0.25, 0.3) is 0 Å². The zero-order chi connectivity index (χ0) is 18.9. The van der Waals surface area contributed by atoms with Crippen LogP contribution < -0.4 is 0 Å². The Morgan fingerprint density at radius 3 is 2.82 bits per heavy atom. The number of aromatic nitrogens is 3. The Morgan fingerprint density at radius 2 is 2.00 bits per heavy atom. The van der Waals surface area contributed by atoms with Crippen molar-refractivity contribution in [2.75, 3.05) is 19.6 Å². The number of nitrogens with zero attached hydrogens (tertiary/aromatic N) is 5. The summed E-state index contributed by atoms with van der Waals surface area (Å²) in [7, 11) is 0. The number of carbonyl (C=O) groups is 1.